The molecule has 2 aromatic carbocycles. The predicted molar refractivity (Wildman–Crippen MR) is 80.4 cm³/mol. The highest BCUT2D eigenvalue weighted by Gasteiger charge is 2.35. The Labute approximate surface area is 124 Å². The van der Waals surface area contributed by atoms with Gasteiger partial charge < -0.3 is 0 Å². The number of sulfonamides is 1. The molecule has 0 N–H and O–H groups in total. The molecule has 1 aliphatic rings. The van der Waals surface area contributed by atoms with E-state index in [0.29, 0.717) is 12.0 Å². The Morgan fingerprint density at radius 3 is 2.48 bits per heavy atom. The third kappa shape index (κ3) is 2.18. The molecule has 0 unspecified atom stereocenters. The van der Waals surface area contributed by atoms with Crippen LogP contribution in [0, 0.1) is 11.3 Å². The molecule has 2 aromatic rings. The first-order valence-corrected chi connectivity index (χ1v) is 8.10. The highest BCUT2D eigenvalue weighted by Crippen LogP contribution is 2.36. The first-order chi connectivity index (χ1) is 10.0. The number of fused-ring (bicyclic) bond motifs is 1. The van der Waals surface area contributed by atoms with E-state index >= 15 is 0 Å². The van der Waals surface area contributed by atoms with Gasteiger partial charge in [0.1, 0.15) is 0 Å². The van der Waals surface area contributed by atoms with Crippen molar-refractivity contribution in [1.82, 2.24) is 0 Å². The van der Waals surface area contributed by atoms with Crippen molar-refractivity contribution in [3.63, 3.8) is 0 Å². The Balaban J connectivity index is 2.08. The van der Waals surface area contributed by atoms with E-state index in [0.717, 1.165) is 11.3 Å². The molecule has 0 saturated carbocycles. The minimum atomic E-state index is -3.60. The third-order valence-electron chi connectivity index (χ3n) is 3.68. The molecular formula is C16H14N2O2S. The van der Waals surface area contributed by atoms with E-state index in [1.54, 1.807) is 0 Å². The quantitative estimate of drug-likeness (QED) is 0.856. The summed E-state index contributed by atoms with van der Waals surface area (Å²) in [6.45, 7) is 1.90. The fourth-order valence-corrected chi connectivity index (χ4v) is 4.41. The molecule has 0 bridgehead atoms. The molecule has 1 atom stereocenters. The molecule has 3 rings (SSSR count). The lowest BCUT2D eigenvalue weighted by molar-refractivity contribution is 0.584. The van der Waals surface area contributed by atoms with Crippen molar-refractivity contribution in [3.8, 4) is 6.07 Å². The van der Waals surface area contributed by atoms with Gasteiger partial charge in [0.15, 0.2) is 0 Å². The van der Waals surface area contributed by atoms with Gasteiger partial charge in [-0.2, -0.15) is 5.26 Å². The molecule has 0 aliphatic carbocycles. The summed E-state index contributed by atoms with van der Waals surface area (Å²) in [6, 6.07) is 15.5. The molecule has 0 aromatic heterocycles. The molecule has 0 amide bonds. The zero-order valence-corrected chi connectivity index (χ0v) is 12.3. The minimum absolute atomic E-state index is 0.108. The molecule has 0 spiro atoms. The van der Waals surface area contributed by atoms with Crippen LogP contribution in [0.1, 0.15) is 18.1 Å². The highest BCUT2D eigenvalue weighted by atomic mass is 32.2. The first-order valence-electron chi connectivity index (χ1n) is 6.66. The molecule has 0 saturated heterocycles. The number of nitrogens with zero attached hydrogens (tertiary/aromatic N) is 2. The van der Waals surface area contributed by atoms with Crippen LogP contribution in [0.25, 0.3) is 0 Å². The van der Waals surface area contributed by atoms with E-state index in [-0.39, 0.29) is 10.9 Å². The van der Waals surface area contributed by atoms with Gasteiger partial charge in [0.05, 0.1) is 22.2 Å². The molecule has 106 valence electrons. The Kier molecular flexibility index (Phi) is 3.19. The molecule has 1 aliphatic heterocycles. The maximum absolute atomic E-state index is 12.9. The van der Waals surface area contributed by atoms with Crippen LogP contribution < -0.4 is 4.31 Å². The van der Waals surface area contributed by atoms with Crippen LogP contribution in [0.4, 0.5) is 5.69 Å². The topological polar surface area (TPSA) is 61.2 Å². The Morgan fingerprint density at radius 2 is 1.81 bits per heavy atom. The summed E-state index contributed by atoms with van der Waals surface area (Å²) in [5.74, 6) is 0. The normalized spacial score (nSPS) is 17.3. The number of hydrogen-bond acceptors (Lipinski definition) is 3. The number of benzene rings is 2. The van der Waals surface area contributed by atoms with Gasteiger partial charge in [-0.3, -0.25) is 4.31 Å². The summed E-state index contributed by atoms with van der Waals surface area (Å²) < 4.78 is 27.2. The molecule has 1 heterocycles. The second-order valence-corrected chi connectivity index (χ2v) is 6.93. The van der Waals surface area contributed by atoms with E-state index in [1.165, 1.54) is 28.6 Å². The largest absolute Gasteiger partial charge is 0.264 e. The lowest BCUT2D eigenvalue weighted by atomic mass is 10.1. The van der Waals surface area contributed by atoms with Crippen molar-refractivity contribution < 1.29 is 8.42 Å². The smallest absolute Gasteiger partial charge is 0.263 e. The van der Waals surface area contributed by atoms with E-state index in [9.17, 15) is 8.42 Å². The van der Waals surface area contributed by atoms with Crippen LogP contribution in [-0.2, 0) is 16.4 Å². The van der Waals surface area contributed by atoms with Gasteiger partial charge in [-0.25, -0.2) is 8.42 Å². The van der Waals surface area contributed by atoms with Gasteiger partial charge in [-0.15, -0.1) is 0 Å². The summed E-state index contributed by atoms with van der Waals surface area (Å²) in [7, 11) is -3.60. The number of para-hydroxylation sites is 1. The predicted octanol–water partition coefficient (Wildman–Crippen LogP) is 2.70. The van der Waals surface area contributed by atoms with Crippen LogP contribution in [0.3, 0.4) is 0 Å². The average molecular weight is 298 g/mol. The van der Waals surface area contributed by atoms with Crippen LogP contribution in [0.15, 0.2) is 53.4 Å². The van der Waals surface area contributed by atoms with Crippen molar-refractivity contribution in [2.75, 3.05) is 4.31 Å². The Bertz CT molecular complexity index is 820. The third-order valence-corrected chi connectivity index (χ3v) is 5.63. The van der Waals surface area contributed by atoms with E-state index in [1.807, 2.05) is 37.3 Å². The highest BCUT2D eigenvalue weighted by molar-refractivity contribution is 7.92. The Hall–Kier alpha value is -2.32. The van der Waals surface area contributed by atoms with Crippen LogP contribution in [0.5, 0.6) is 0 Å². The van der Waals surface area contributed by atoms with Crippen LogP contribution in [-0.4, -0.2) is 14.5 Å². The van der Waals surface area contributed by atoms with E-state index in [4.69, 9.17) is 5.26 Å². The molecule has 5 heteroatoms. The maximum Gasteiger partial charge on any atom is 0.264 e. The fourth-order valence-electron chi connectivity index (χ4n) is 2.72. The van der Waals surface area contributed by atoms with Gasteiger partial charge in [0.25, 0.3) is 10.0 Å². The van der Waals surface area contributed by atoms with E-state index < -0.39 is 10.0 Å². The van der Waals surface area contributed by atoms with Crippen molar-refractivity contribution in [2.45, 2.75) is 24.3 Å². The second kappa shape index (κ2) is 4.90. The molecule has 21 heavy (non-hydrogen) atoms. The SMILES string of the molecule is C[C@@H]1Cc2ccccc2N1S(=O)(=O)c1ccc(C#N)cc1. The maximum atomic E-state index is 12.9. The number of nitriles is 1. The van der Waals surface area contributed by atoms with Gasteiger partial charge in [0, 0.05) is 6.04 Å². The van der Waals surface area contributed by atoms with Crippen LogP contribution >= 0.6 is 0 Å². The van der Waals surface area contributed by atoms with Crippen LogP contribution in [0.2, 0.25) is 0 Å². The molecule has 0 radical (unpaired) electrons. The summed E-state index contributed by atoms with van der Waals surface area (Å²) in [5, 5.41) is 8.81. The summed E-state index contributed by atoms with van der Waals surface area (Å²) >= 11 is 0. The average Bonchev–Trinajstić information content (AvgIpc) is 2.83. The summed E-state index contributed by atoms with van der Waals surface area (Å²) in [6.07, 6.45) is 0.714. The fraction of sp³-hybridized carbons (Fsp3) is 0.188. The molecule has 4 nitrogen and oxygen atoms in total. The first kappa shape index (κ1) is 13.7. The van der Waals surface area contributed by atoms with Crippen molar-refractivity contribution in [1.29, 1.82) is 5.26 Å². The van der Waals surface area contributed by atoms with Crippen molar-refractivity contribution in [3.05, 3.63) is 59.7 Å². The number of anilines is 1. The van der Waals surface area contributed by atoms with Gasteiger partial charge in [-0.1, -0.05) is 18.2 Å². The van der Waals surface area contributed by atoms with E-state index in [2.05, 4.69) is 0 Å². The minimum Gasteiger partial charge on any atom is -0.263 e. The van der Waals surface area contributed by atoms with Gasteiger partial charge >= 0.3 is 0 Å². The lowest BCUT2D eigenvalue weighted by Crippen LogP contribution is -2.35. The number of hydrogen-bond donors (Lipinski definition) is 0. The summed E-state index contributed by atoms with van der Waals surface area (Å²) in [4.78, 5) is 0.213. The standard InChI is InChI=1S/C16H14N2O2S/c1-12-10-14-4-2-3-5-16(14)18(12)21(19,20)15-8-6-13(11-17)7-9-15/h2-9,12H,10H2,1H3/t12-/m1/s1. The summed E-state index contributed by atoms with van der Waals surface area (Å²) in [5.41, 5.74) is 2.24. The molecule has 0 fully saturated rings. The van der Waals surface area contributed by atoms with Crippen molar-refractivity contribution >= 4 is 15.7 Å². The van der Waals surface area contributed by atoms with Crippen molar-refractivity contribution in [2.24, 2.45) is 0 Å². The Morgan fingerprint density at radius 1 is 1.14 bits per heavy atom. The molecular weight excluding hydrogens is 284 g/mol. The van der Waals surface area contributed by atoms with Gasteiger partial charge in [0.2, 0.25) is 0 Å². The zero-order valence-electron chi connectivity index (χ0n) is 11.5. The monoisotopic (exact) mass is 298 g/mol. The van der Waals surface area contributed by atoms with Gasteiger partial charge in [-0.05, 0) is 49.2 Å². The lowest BCUT2D eigenvalue weighted by Gasteiger charge is -2.24. The second-order valence-electron chi connectivity index (χ2n) is 5.12. The number of rotatable bonds is 2. The zero-order chi connectivity index (χ0) is 15.0.